The molecule has 1 fully saturated rings. The Morgan fingerprint density at radius 3 is 2.87 bits per heavy atom. The maximum Gasteiger partial charge on any atom is 0.332 e. The van der Waals surface area contributed by atoms with Crippen molar-refractivity contribution in [3.05, 3.63) is 41.7 Å². The van der Waals surface area contributed by atoms with Crippen molar-refractivity contribution >= 4 is 17.7 Å². The lowest BCUT2D eigenvalue weighted by Gasteiger charge is -2.17. The van der Waals surface area contributed by atoms with Crippen LogP contribution >= 0.6 is 0 Å². The zero-order chi connectivity index (χ0) is 16.7. The van der Waals surface area contributed by atoms with E-state index in [1.807, 2.05) is 12.1 Å². The van der Waals surface area contributed by atoms with Crippen molar-refractivity contribution in [2.45, 2.75) is 32.1 Å². The van der Waals surface area contributed by atoms with E-state index in [0.29, 0.717) is 17.3 Å². The van der Waals surface area contributed by atoms with Gasteiger partial charge in [0.05, 0.1) is 11.9 Å². The Bertz CT molecular complexity index is 653. The molecule has 5 heteroatoms. The van der Waals surface area contributed by atoms with Crippen molar-refractivity contribution in [1.82, 2.24) is 4.98 Å². The molecule has 1 aliphatic carbocycles. The van der Waals surface area contributed by atoms with Gasteiger partial charge in [0.25, 0.3) is 0 Å². The predicted octanol–water partition coefficient (Wildman–Crippen LogP) is 3.60. The van der Waals surface area contributed by atoms with Gasteiger partial charge in [-0.3, -0.25) is 0 Å². The van der Waals surface area contributed by atoms with E-state index in [2.05, 4.69) is 29.0 Å². The molecule has 1 aromatic rings. The van der Waals surface area contributed by atoms with Crippen molar-refractivity contribution in [3.63, 3.8) is 0 Å². The second-order valence-corrected chi connectivity index (χ2v) is 5.79. The number of nitriles is 1. The van der Waals surface area contributed by atoms with Crippen LogP contribution < -0.4 is 5.32 Å². The van der Waals surface area contributed by atoms with Gasteiger partial charge in [-0.2, -0.15) is 5.26 Å². The Morgan fingerprint density at radius 1 is 1.48 bits per heavy atom. The topological polar surface area (TPSA) is 86.0 Å². The van der Waals surface area contributed by atoms with E-state index >= 15 is 0 Å². The number of rotatable bonds is 6. The number of pyridine rings is 1. The standard InChI is InChI=1S/C18H21N3O2/c1-13(18(22)23)11-20-16-9-15(17(10-19)21-12-16)8-7-14-5-3-2-4-6-14/h7-9,12,14,20H,1-6,11H2,(H,22,23)/b8-7+. The fourth-order valence-electron chi connectivity index (χ4n) is 2.65. The van der Waals surface area contributed by atoms with E-state index < -0.39 is 5.97 Å². The maximum absolute atomic E-state index is 10.8. The summed E-state index contributed by atoms with van der Waals surface area (Å²) in [4.78, 5) is 14.9. The lowest BCUT2D eigenvalue weighted by molar-refractivity contribution is -0.132. The number of aromatic nitrogens is 1. The molecule has 1 aromatic heterocycles. The molecule has 0 unspecified atom stereocenters. The highest BCUT2D eigenvalue weighted by atomic mass is 16.4. The van der Waals surface area contributed by atoms with Gasteiger partial charge >= 0.3 is 5.97 Å². The van der Waals surface area contributed by atoms with Gasteiger partial charge in [0.2, 0.25) is 0 Å². The fourth-order valence-corrected chi connectivity index (χ4v) is 2.65. The number of anilines is 1. The number of aliphatic carboxylic acids is 1. The second kappa shape index (κ2) is 8.14. The van der Waals surface area contributed by atoms with E-state index in [-0.39, 0.29) is 12.1 Å². The normalized spacial score (nSPS) is 15.3. The fraction of sp³-hybridized carbons (Fsp3) is 0.389. The number of hydrogen-bond donors (Lipinski definition) is 2. The molecule has 0 bridgehead atoms. The van der Waals surface area contributed by atoms with Crippen molar-refractivity contribution in [3.8, 4) is 6.07 Å². The molecule has 120 valence electrons. The van der Waals surface area contributed by atoms with Crippen LogP contribution in [0.25, 0.3) is 6.08 Å². The molecule has 0 aliphatic heterocycles. The van der Waals surface area contributed by atoms with Crippen LogP contribution in [-0.2, 0) is 4.79 Å². The summed E-state index contributed by atoms with van der Waals surface area (Å²) in [6.07, 6.45) is 11.9. The van der Waals surface area contributed by atoms with Crippen LogP contribution in [0, 0.1) is 17.2 Å². The number of nitrogens with zero attached hydrogens (tertiary/aromatic N) is 2. The summed E-state index contributed by atoms with van der Waals surface area (Å²) in [7, 11) is 0. The molecule has 23 heavy (non-hydrogen) atoms. The Morgan fingerprint density at radius 2 is 2.22 bits per heavy atom. The number of allylic oxidation sites excluding steroid dienone is 1. The molecule has 1 saturated carbocycles. The number of carboxylic acids is 1. The quantitative estimate of drug-likeness (QED) is 0.784. The molecule has 0 spiro atoms. The maximum atomic E-state index is 10.8. The van der Waals surface area contributed by atoms with Crippen molar-refractivity contribution < 1.29 is 9.90 Å². The first-order chi connectivity index (χ1) is 11.1. The third-order valence-electron chi connectivity index (χ3n) is 4.03. The first-order valence-electron chi connectivity index (χ1n) is 7.83. The van der Waals surface area contributed by atoms with E-state index in [4.69, 9.17) is 5.11 Å². The summed E-state index contributed by atoms with van der Waals surface area (Å²) >= 11 is 0. The van der Waals surface area contributed by atoms with Gasteiger partial charge < -0.3 is 10.4 Å². The summed E-state index contributed by atoms with van der Waals surface area (Å²) in [5, 5.41) is 21.0. The first-order valence-corrected chi connectivity index (χ1v) is 7.83. The Labute approximate surface area is 136 Å². The zero-order valence-electron chi connectivity index (χ0n) is 13.1. The summed E-state index contributed by atoms with van der Waals surface area (Å²) in [5.41, 5.74) is 1.88. The highest BCUT2D eigenvalue weighted by molar-refractivity contribution is 5.86. The predicted molar refractivity (Wildman–Crippen MR) is 89.8 cm³/mol. The van der Waals surface area contributed by atoms with E-state index in [0.717, 1.165) is 5.56 Å². The van der Waals surface area contributed by atoms with Crippen molar-refractivity contribution in [2.24, 2.45) is 5.92 Å². The number of carboxylic acid groups (broad SMARTS) is 1. The second-order valence-electron chi connectivity index (χ2n) is 5.79. The monoisotopic (exact) mass is 311 g/mol. The summed E-state index contributed by atoms with van der Waals surface area (Å²) in [6.45, 7) is 3.61. The highest BCUT2D eigenvalue weighted by Gasteiger charge is 2.11. The molecule has 1 aliphatic rings. The van der Waals surface area contributed by atoms with Crippen LogP contribution in [0.2, 0.25) is 0 Å². The molecule has 5 nitrogen and oxygen atoms in total. The van der Waals surface area contributed by atoms with Crippen molar-refractivity contribution in [2.75, 3.05) is 11.9 Å². The molecule has 0 atom stereocenters. The third kappa shape index (κ3) is 4.96. The molecule has 0 aromatic carbocycles. The van der Waals surface area contributed by atoms with Crippen LogP contribution in [0.4, 0.5) is 5.69 Å². The van der Waals surface area contributed by atoms with E-state index in [1.54, 1.807) is 0 Å². The molecular weight excluding hydrogens is 290 g/mol. The van der Waals surface area contributed by atoms with Gasteiger partial charge in [0, 0.05) is 17.7 Å². The number of carbonyl (C=O) groups is 1. The molecule has 2 N–H and O–H groups in total. The third-order valence-corrected chi connectivity index (χ3v) is 4.03. The Balaban J connectivity index is 2.09. The van der Waals surface area contributed by atoms with E-state index in [9.17, 15) is 10.1 Å². The van der Waals surface area contributed by atoms with Gasteiger partial charge in [-0.05, 0) is 24.8 Å². The van der Waals surface area contributed by atoms with Crippen LogP contribution in [0.3, 0.4) is 0 Å². The number of nitrogens with one attached hydrogen (secondary N) is 1. The van der Waals surface area contributed by atoms with Crippen LogP contribution in [0.1, 0.15) is 43.4 Å². The largest absolute Gasteiger partial charge is 0.478 e. The summed E-state index contributed by atoms with van der Waals surface area (Å²) in [5.74, 6) is -0.463. The SMILES string of the molecule is C=C(CNc1cnc(C#N)c(/C=C/C2CCCCC2)c1)C(=O)O. The number of hydrogen-bond acceptors (Lipinski definition) is 4. The first kappa shape index (κ1) is 16.8. The zero-order valence-corrected chi connectivity index (χ0v) is 13.1. The average molecular weight is 311 g/mol. The van der Waals surface area contributed by atoms with Gasteiger partial charge in [-0.1, -0.05) is 38.0 Å². The van der Waals surface area contributed by atoms with Gasteiger partial charge in [0.15, 0.2) is 0 Å². The smallest absolute Gasteiger partial charge is 0.332 e. The molecule has 0 saturated heterocycles. The lowest BCUT2D eigenvalue weighted by atomic mass is 9.88. The van der Waals surface area contributed by atoms with Gasteiger partial charge in [0.1, 0.15) is 11.8 Å². The Kier molecular flexibility index (Phi) is 5.93. The minimum absolute atomic E-state index is 0.0775. The molecular formula is C18H21N3O2. The molecule has 0 amide bonds. The minimum Gasteiger partial charge on any atom is -0.478 e. The highest BCUT2D eigenvalue weighted by Crippen LogP contribution is 2.26. The van der Waals surface area contributed by atoms with Gasteiger partial charge in [-0.25, -0.2) is 9.78 Å². The van der Waals surface area contributed by atoms with E-state index in [1.165, 1.54) is 38.3 Å². The van der Waals surface area contributed by atoms with Crippen LogP contribution in [0.15, 0.2) is 30.5 Å². The minimum atomic E-state index is -1.03. The molecule has 2 rings (SSSR count). The molecule has 1 heterocycles. The molecule has 0 radical (unpaired) electrons. The van der Waals surface area contributed by atoms with Crippen LogP contribution in [0.5, 0.6) is 0 Å². The Hall–Kier alpha value is -2.61. The summed E-state index contributed by atoms with van der Waals surface area (Å²) in [6, 6.07) is 3.91. The van der Waals surface area contributed by atoms with Crippen molar-refractivity contribution in [1.29, 1.82) is 5.26 Å². The average Bonchev–Trinajstić information content (AvgIpc) is 2.58. The van der Waals surface area contributed by atoms with Gasteiger partial charge in [-0.15, -0.1) is 0 Å². The summed E-state index contributed by atoms with van der Waals surface area (Å²) < 4.78 is 0. The lowest BCUT2D eigenvalue weighted by Crippen LogP contribution is -2.11. The van der Waals surface area contributed by atoms with Crippen LogP contribution in [-0.4, -0.2) is 22.6 Å².